The van der Waals surface area contributed by atoms with Crippen LogP contribution in [0.1, 0.15) is 21.6 Å². The van der Waals surface area contributed by atoms with Crippen molar-refractivity contribution in [1.29, 1.82) is 0 Å². The van der Waals surface area contributed by atoms with Gasteiger partial charge in [-0.2, -0.15) is 0 Å². The van der Waals surface area contributed by atoms with Crippen LogP contribution in [-0.2, 0) is 0 Å². The normalized spacial score (nSPS) is 10.8. The molecule has 8 nitrogen and oxygen atoms in total. The fraction of sp³-hybridized carbons (Fsp3) is 0.0952. The molecule has 4 rings (SSSR count). The molecule has 0 saturated carbocycles. The number of nitrogens with one attached hydrogen (secondary N) is 3. The first-order valence-electron chi connectivity index (χ1n) is 8.90. The number of pyridine rings is 2. The summed E-state index contributed by atoms with van der Waals surface area (Å²) < 4.78 is 0. The maximum atomic E-state index is 12.7. The highest BCUT2D eigenvalue weighted by molar-refractivity contribution is 6.03. The van der Waals surface area contributed by atoms with E-state index in [9.17, 15) is 14.4 Å². The van der Waals surface area contributed by atoms with Crippen LogP contribution in [0.2, 0.25) is 0 Å². The number of hydrogen-bond acceptors (Lipinski definition) is 5. The number of fused-ring (bicyclic) bond motifs is 1. The van der Waals surface area contributed by atoms with Crippen LogP contribution >= 0.6 is 0 Å². The second-order valence-electron chi connectivity index (χ2n) is 6.68. The van der Waals surface area contributed by atoms with E-state index in [-0.39, 0.29) is 16.7 Å². The zero-order valence-electron chi connectivity index (χ0n) is 15.7. The predicted octanol–water partition coefficient (Wildman–Crippen LogP) is 2.54. The van der Waals surface area contributed by atoms with E-state index >= 15 is 0 Å². The summed E-state index contributed by atoms with van der Waals surface area (Å²) >= 11 is 0. The monoisotopic (exact) mass is 387 g/mol. The number of carbonyl (C=O) groups excluding carboxylic acids is 1. The third-order valence-electron chi connectivity index (χ3n) is 4.47. The molecule has 29 heavy (non-hydrogen) atoms. The Kier molecular flexibility index (Phi) is 4.52. The van der Waals surface area contributed by atoms with Crippen molar-refractivity contribution in [3.05, 3.63) is 86.2 Å². The fourth-order valence-corrected chi connectivity index (χ4v) is 3.04. The topological polar surface area (TPSA) is 121 Å². The summed E-state index contributed by atoms with van der Waals surface area (Å²) in [7, 11) is 0. The van der Waals surface area contributed by atoms with Gasteiger partial charge < -0.3 is 5.32 Å². The van der Waals surface area contributed by atoms with Gasteiger partial charge in [-0.3, -0.25) is 19.6 Å². The summed E-state index contributed by atoms with van der Waals surface area (Å²) in [5.41, 5.74) is 2.23. The SMILES string of the molecule is Cc1ccc(-c2cccc(NC(=O)c3cc(C)c4c(=O)[nH]c(=O)[nH]c4n3)n2)cc1. The lowest BCUT2D eigenvalue weighted by Gasteiger charge is -2.08. The van der Waals surface area contributed by atoms with Gasteiger partial charge in [0, 0.05) is 5.56 Å². The lowest BCUT2D eigenvalue weighted by molar-refractivity contribution is 0.102. The van der Waals surface area contributed by atoms with Gasteiger partial charge in [-0.15, -0.1) is 0 Å². The summed E-state index contributed by atoms with van der Waals surface area (Å²) in [5.74, 6) is -0.128. The lowest BCUT2D eigenvalue weighted by atomic mass is 10.1. The molecule has 4 aromatic rings. The molecule has 3 N–H and O–H groups in total. The number of carbonyl (C=O) groups is 1. The first-order valence-corrected chi connectivity index (χ1v) is 8.90. The summed E-state index contributed by atoms with van der Waals surface area (Å²) in [5, 5.41) is 2.95. The first kappa shape index (κ1) is 18.3. The molecular weight excluding hydrogens is 370 g/mol. The van der Waals surface area contributed by atoms with E-state index in [4.69, 9.17) is 0 Å². The van der Waals surface area contributed by atoms with Crippen LogP contribution in [0.5, 0.6) is 0 Å². The van der Waals surface area contributed by atoms with E-state index < -0.39 is 17.2 Å². The van der Waals surface area contributed by atoms with Gasteiger partial charge in [0.15, 0.2) is 0 Å². The molecule has 3 heterocycles. The molecule has 0 spiro atoms. The van der Waals surface area contributed by atoms with Crippen LogP contribution in [0.3, 0.4) is 0 Å². The van der Waals surface area contributed by atoms with Gasteiger partial charge in [-0.25, -0.2) is 14.8 Å². The van der Waals surface area contributed by atoms with Crippen molar-refractivity contribution < 1.29 is 4.79 Å². The van der Waals surface area contributed by atoms with Crippen LogP contribution in [0.15, 0.2) is 58.1 Å². The van der Waals surface area contributed by atoms with E-state index in [1.807, 2.05) is 37.3 Å². The van der Waals surface area contributed by atoms with Crippen molar-refractivity contribution in [2.75, 3.05) is 5.32 Å². The van der Waals surface area contributed by atoms with E-state index in [1.165, 1.54) is 6.07 Å². The predicted molar refractivity (Wildman–Crippen MR) is 110 cm³/mol. The Bertz CT molecular complexity index is 1350. The molecular formula is C21H17N5O3. The van der Waals surface area contributed by atoms with Gasteiger partial charge in [0.1, 0.15) is 17.2 Å². The molecule has 0 bridgehead atoms. The number of aromatic nitrogens is 4. The number of hydrogen-bond donors (Lipinski definition) is 3. The smallest absolute Gasteiger partial charge is 0.305 e. The van der Waals surface area contributed by atoms with Crippen LogP contribution in [-0.4, -0.2) is 25.8 Å². The molecule has 0 atom stereocenters. The van der Waals surface area contributed by atoms with Gasteiger partial charge in [0.2, 0.25) is 0 Å². The quantitative estimate of drug-likeness (QED) is 0.499. The average Bonchev–Trinajstić information content (AvgIpc) is 2.67. The second-order valence-corrected chi connectivity index (χ2v) is 6.68. The summed E-state index contributed by atoms with van der Waals surface area (Å²) in [4.78, 5) is 49.4. The largest absolute Gasteiger partial charge is 0.327 e. The molecule has 1 aromatic carbocycles. The Morgan fingerprint density at radius 3 is 2.48 bits per heavy atom. The van der Waals surface area contributed by atoms with Gasteiger partial charge in [0.25, 0.3) is 11.5 Å². The number of anilines is 1. The summed E-state index contributed by atoms with van der Waals surface area (Å²) in [6.07, 6.45) is 0. The molecule has 144 valence electrons. The van der Waals surface area contributed by atoms with Crippen LogP contribution in [0, 0.1) is 13.8 Å². The molecule has 8 heteroatoms. The lowest BCUT2D eigenvalue weighted by Crippen LogP contribution is -2.24. The molecule has 0 unspecified atom stereocenters. The Hall–Kier alpha value is -4.07. The second kappa shape index (κ2) is 7.16. The number of amides is 1. The number of aryl methyl sites for hydroxylation is 2. The van der Waals surface area contributed by atoms with Crippen molar-refractivity contribution in [2.24, 2.45) is 0 Å². The van der Waals surface area contributed by atoms with Crippen LogP contribution in [0.4, 0.5) is 5.82 Å². The summed E-state index contributed by atoms with van der Waals surface area (Å²) in [6, 6.07) is 14.7. The van der Waals surface area contributed by atoms with E-state index in [2.05, 4.69) is 25.3 Å². The molecule has 1 amide bonds. The van der Waals surface area contributed by atoms with Crippen molar-refractivity contribution in [3.63, 3.8) is 0 Å². The molecule has 0 fully saturated rings. The number of benzene rings is 1. The minimum absolute atomic E-state index is 0.0604. The molecule has 0 aliphatic rings. The van der Waals surface area contributed by atoms with E-state index in [0.29, 0.717) is 11.4 Å². The Labute approximate surface area is 164 Å². The fourth-order valence-electron chi connectivity index (χ4n) is 3.04. The highest BCUT2D eigenvalue weighted by Gasteiger charge is 2.14. The number of nitrogens with zero attached hydrogens (tertiary/aromatic N) is 2. The minimum atomic E-state index is -0.681. The Balaban J connectivity index is 1.66. The maximum absolute atomic E-state index is 12.7. The highest BCUT2D eigenvalue weighted by Crippen LogP contribution is 2.20. The van der Waals surface area contributed by atoms with Gasteiger partial charge in [-0.05, 0) is 37.6 Å². The molecule has 0 aliphatic heterocycles. The molecule has 0 saturated heterocycles. The zero-order valence-corrected chi connectivity index (χ0v) is 15.7. The van der Waals surface area contributed by atoms with Crippen LogP contribution in [0.25, 0.3) is 22.3 Å². The van der Waals surface area contributed by atoms with Crippen molar-refractivity contribution in [2.45, 2.75) is 13.8 Å². The molecule has 3 aromatic heterocycles. The van der Waals surface area contributed by atoms with Gasteiger partial charge in [0.05, 0.1) is 11.1 Å². The zero-order chi connectivity index (χ0) is 20.5. The Morgan fingerprint density at radius 1 is 0.966 bits per heavy atom. The van der Waals surface area contributed by atoms with Crippen molar-refractivity contribution in [1.82, 2.24) is 19.9 Å². The van der Waals surface area contributed by atoms with Crippen molar-refractivity contribution >= 4 is 22.8 Å². The van der Waals surface area contributed by atoms with E-state index in [1.54, 1.807) is 19.1 Å². The average molecular weight is 387 g/mol. The van der Waals surface area contributed by atoms with Gasteiger partial charge >= 0.3 is 5.69 Å². The minimum Gasteiger partial charge on any atom is -0.305 e. The molecule has 0 radical (unpaired) electrons. The Morgan fingerprint density at radius 2 is 1.72 bits per heavy atom. The molecule has 0 aliphatic carbocycles. The third-order valence-corrected chi connectivity index (χ3v) is 4.47. The highest BCUT2D eigenvalue weighted by atomic mass is 16.2. The standard InChI is InChI=1S/C21H17N5O3/c1-11-6-8-13(9-7-11)14-4-3-5-16(22-14)24-19(27)15-10-12(2)17-18(23-15)25-21(29)26-20(17)28/h3-10H,1-2H3,(H,22,24,27)(H2,23,25,26,28,29). The maximum Gasteiger partial charge on any atom is 0.327 e. The van der Waals surface area contributed by atoms with Crippen molar-refractivity contribution in [3.8, 4) is 11.3 Å². The number of rotatable bonds is 3. The van der Waals surface area contributed by atoms with Gasteiger partial charge in [-0.1, -0.05) is 35.9 Å². The number of H-pyrrole nitrogens is 2. The third kappa shape index (κ3) is 3.68. The van der Waals surface area contributed by atoms with E-state index in [0.717, 1.165) is 16.8 Å². The summed E-state index contributed by atoms with van der Waals surface area (Å²) in [6.45, 7) is 3.68. The number of aromatic amines is 2. The van der Waals surface area contributed by atoms with Crippen LogP contribution < -0.4 is 16.6 Å². The first-order chi connectivity index (χ1) is 13.9.